The van der Waals surface area contributed by atoms with E-state index in [0.29, 0.717) is 19.4 Å². The van der Waals surface area contributed by atoms with Gasteiger partial charge in [-0.05, 0) is 50.1 Å². The Morgan fingerprint density at radius 1 is 1.10 bits per heavy atom. The molecule has 150 valence electrons. The maximum Gasteiger partial charge on any atom is 0.231 e. The first-order valence-corrected chi connectivity index (χ1v) is 9.76. The Hall–Kier alpha value is -3.28. The maximum absolute atomic E-state index is 12.7. The summed E-state index contributed by atoms with van der Waals surface area (Å²) in [5.41, 5.74) is 5.19. The van der Waals surface area contributed by atoms with E-state index in [-0.39, 0.29) is 12.7 Å². The van der Waals surface area contributed by atoms with Gasteiger partial charge in [-0.25, -0.2) is 4.68 Å². The minimum absolute atomic E-state index is 0.105. The molecule has 3 aromatic rings. The van der Waals surface area contributed by atoms with Crippen LogP contribution >= 0.6 is 0 Å². The van der Waals surface area contributed by atoms with E-state index in [2.05, 4.69) is 5.10 Å². The van der Waals surface area contributed by atoms with Gasteiger partial charge in [0, 0.05) is 31.3 Å². The molecule has 0 bridgehead atoms. The molecule has 6 nitrogen and oxygen atoms in total. The van der Waals surface area contributed by atoms with Crippen LogP contribution in [0, 0.1) is 13.8 Å². The molecule has 0 fully saturated rings. The molecule has 1 aliphatic heterocycles. The van der Waals surface area contributed by atoms with Crippen LogP contribution in [-0.2, 0) is 17.8 Å². The predicted octanol–water partition coefficient (Wildman–Crippen LogP) is 3.81. The molecule has 0 atom stereocenters. The molecule has 0 saturated heterocycles. The van der Waals surface area contributed by atoms with Crippen LogP contribution in [0.2, 0.25) is 0 Å². The SMILES string of the molecule is Cc1nn(-c2ccccc2)c(C)c1CN(C)C(=O)CCc1ccc2c(c1)OCO2. The first-order valence-electron chi connectivity index (χ1n) is 9.76. The lowest BCUT2D eigenvalue weighted by atomic mass is 10.1. The molecule has 29 heavy (non-hydrogen) atoms. The standard InChI is InChI=1S/C23H25N3O3/c1-16-20(17(2)26(24-16)19-7-5-4-6-8-19)14-25(3)23(27)12-10-18-9-11-21-22(13-18)29-15-28-21/h4-9,11,13H,10,12,14-15H2,1-3H3. The zero-order chi connectivity index (χ0) is 20.4. The van der Waals surface area contributed by atoms with E-state index in [1.54, 1.807) is 4.90 Å². The highest BCUT2D eigenvalue weighted by Gasteiger charge is 2.18. The van der Waals surface area contributed by atoms with Crippen molar-refractivity contribution in [3.8, 4) is 17.2 Å². The monoisotopic (exact) mass is 391 g/mol. The summed E-state index contributed by atoms with van der Waals surface area (Å²) in [6, 6.07) is 15.9. The van der Waals surface area contributed by atoms with Crippen LogP contribution in [0.25, 0.3) is 5.69 Å². The van der Waals surface area contributed by atoms with Gasteiger partial charge >= 0.3 is 0 Å². The molecule has 0 N–H and O–H groups in total. The largest absolute Gasteiger partial charge is 0.454 e. The molecule has 4 rings (SSSR count). The summed E-state index contributed by atoms with van der Waals surface area (Å²) in [5, 5.41) is 4.67. The number of ether oxygens (including phenoxy) is 2. The molecular weight excluding hydrogens is 366 g/mol. The Morgan fingerprint density at radius 2 is 1.86 bits per heavy atom. The highest BCUT2D eigenvalue weighted by atomic mass is 16.7. The van der Waals surface area contributed by atoms with Gasteiger partial charge in [-0.1, -0.05) is 24.3 Å². The Bertz CT molecular complexity index is 1030. The molecular formula is C23H25N3O3. The van der Waals surface area contributed by atoms with Crippen LogP contribution in [0.5, 0.6) is 11.5 Å². The van der Waals surface area contributed by atoms with Crippen molar-refractivity contribution in [3.63, 3.8) is 0 Å². The van der Waals surface area contributed by atoms with Gasteiger partial charge < -0.3 is 14.4 Å². The van der Waals surface area contributed by atoms with Gasteiger partial charge in [0.05, 0.1) is 11.4 Å². The number of rotatable bonds is 6. The number of hydrogen-bond donors (Lipinski definition) is 0. The molecule has 0 radical (unpaired) electrons. The summed E-state index contributed by atoms with van der Waals surface area (Å²) in [7, 11) is 1.85. The number of para-hydroxylation sites is 1. The van der Waals surface area contributed by atoms with Crippen molar-refractivity contribution in [3.05, 3.63) is 71.0 Å². The van der Waals surface area contributed by atoms with Crippen molar-refractivity contribution in [1.29, 1.82) is 0 Å². The van der Waals surface area contributed by atoms with Crippen molar-refractivity contribution in [1.82, 2.24) is 14.7 Å². The summed E-state index contributed by atoms with van der Waals surface area (Å²) in [5.74, 6) is 1.62. The number of aromatic nitrogens is 2. The van der Waals surface area contributed by atoms with Crippen LogP contribution in [0.4, 0.5) is 0 Å². The Kier molecular flexibility index (Phi) is 5.25. The molecule has 6 heteroatoms. The number of benzene rings is 2. The third-order valence-corrected chi connectivity index (χ3v) is 5.33. The summed E-state index contributed by atoms with van der Waals surface area (Å²) in [6.45, 7) is 4.85. The second kappa shape index (κ2) is 7.99. The number of hydrogen-bond acceptors (Lipinski definition) is 4. The molecule has 2 heterocycles. The van der Waals surface area contributed by atoms with Gasteiger partial charge in [0.2, 0.25) is 12.7 Å². The van der Waals surface area contributed by atoms with Gasteiger partial charge in [0.15, 0.2) is 11.5 Å². The minimum atomic E-state index is 0.105. The third kappa shape index (κ3) is 3.97. The van der Waals surface area contributed by atoms with Crippen LogP contribution in [0.3, 0.4) is 0 Å². The van der Waals surface area contributed by atoms with Crippen molar-refractivity contribution in [2.45, 2.75) is 33.2 Å². The minimum Gasteiger partial charge on any atom is -0.454 e. The van der Waals surface area contributed by atoms with Crippen molar-refractivity contribution >= 4 is 5.91 Å². The topological polar surface area (TPSA) is 56.6 Å². The van der Waals surface area contributed by atoms with E-state index in [1.807, 2.05) is 74.1 Å². The molecule has 1 aliphatic rings. The van der Waals surface area contributed by atoms with Crippen LogP contribution in [0.15, 0.2) is 48.5 Å². The molecule has 0 spiro atoms. The number of nitrogens with zero attached hydrogens (tertiary/aromatic N) is 3. The molecule has 2 aromatic carbocycles. The smallest absolute Gasteiger partial charge is 0.231 e. The van der Waals surface area contributed by atoms with E-state index in [0.717, 1.165) is 39.7 Å². The van der Waals surface area contributed by atoms with Gasteiger partial charge in [0.25, 0.3) is 0 Å². The number of amides is 1. The fourth-order valence-corrected chi connectivity index (χ4v) is 3.59. The number of carbonyl (C=O) groups is 1. The van der Waals surface area contributed by atoms with Gasteiger partial charge in [-0.15, -0.1) is 0 Å². The van der Waals surface area contributed by atoms with E-state index in [1.165, 1.54) is 0 Å². The Labute approximate surface area is 170 Å². The van der Waals surface area contributed by atoms with E-state index in [4.69, 9.17) is 9.47 Å². The highest BCUT2D eigenvalue weighted by molar-refractivity contribution is 5.76. The second-order valence-corrected chi connectivity index (χ2v) is 7.33. The normalized spacial score (nSPS) is 12.2. The quantitative estimate of drug-likeness (QED) is 0.641. The first-order chi connectivity index (χ1) is 14.0. The lowest BCUT2D eigenvalue weighted by Gasteiger charge is -2.18. The number of fused-ring (bicyclic) bond motifs is 1. The second-order valence-electron chi connectivity index (χ2n) is 7.33. The highest BCUT2D eigenvalue weighted by Crippen LogP contribution is 2.32. The Morgan fingerprint density at radius 3 is 2.66 bits per heavy atom. The maximum atomic E-state index is 12.7. The Balaban J connectivity index is 1.41. The van der Waals surface area contributed by atoms with E-state index in [9.17, 15) is 4.79 Å². The zero-order valence-electron chi connectivity index (χ0n) is 17.0. The molecule has 0 aliphatic carbocycles. The van der Waals surface area contributed by atoms with Crippen molar-refractivity contribution in [2.24, 2.45) is 0 Å². The van der Waals surface area contributed by atoms with Crippen molar-refractivity contribution in [2.75, 3.05) is 13.8 Å². The fraction of sp³-hybridized carbons (Fsp3) is 0.304. The lowest BCUT2D eigenvalue weighted by molar-refractivity contribution is -0.130. The number of carbonyl (C=O) groups excluding carboxylic acids is 1. The number of aryl methyl sites for hydroxylation is 2. The molecule has 1 amide bonds. The van der Waals surface area contributed by atoms with E-state index < -0.39 is 0 Å². The molecule has 0 unspecified atom stereocenters. The van der Waals surface area contributed by atoms with Gasteiger partial charge in [-0.3, -0.25) is 4.79 Å². The summed E-state index contributed by atoms with van der Waals surface area (Å²) >= 11 is 0. The first kappa shape index (κ1) is 19.1. The van der Waals surface area contributed by atoms with Crippen LogP contribution in [0.1, 0.15) is 28.9 Å². The van der Waals surface area contributed by atoms with E-state index >= 15 is 0 Å². The van der Waals surface area contributed by atoms with Gasteiger partial charge in [-0.2, -0.15) is 5.10 Å². The van der Waals surface area contributed by atoms with Gasteiger partial charge in [0.1, 0.15) is 0 Å². The summed E-state index contributed by atoms with van der Waals surface area (Å²) in [6.07, 6.45) is 1.11. The fourth-order valence-electron chi connectivity index (χ4n) is 3.59. The lowest BCUT2D eigenvalue weighted by Crippen LogP contribution is -2.27. The third-order valence-electron chi connectivity index (χ3n) is 5.33. The molecule has 1 aromatic heterocycles. The summed E-state index contributed by atoms with van der Waals surface area (Å²) in [4.78, 5) is 14.5. The van der Waals surface area contributed by atoms with Crippen LogP contribution < -0.4 is 9.47 Å². The molecule has 0 saturated carbocycles. The summed E-state index contributed by atoms with van der Waals surface area (Å²) < 4.78 is 12.7. The predicted molar refractivity (Wildman–Crippen MR) is 110 cm³/mol. The average Bonchev–Trinajstić information content (AvgIpc) is 3.31. The van der Waals surface area contributed by atoms with Crippen molar-refractivity contribution < 1.29 is 14.3 Å². The zero-order valence-corrected chi connectivity index (χ0v) is 17.0. The van der Waals surface area contributed by atoms with Crippen LogP contribution in [-0.4, -0.2) is 34.4 Å². The average molecular weight is 391 g/mol.